The molecule has 0 heterocycles. The highest BCUT2D eigenvalue weighted by molar-refractivity contribution is 9.10. The average molecular weight is 299 g/mol. The molecular weight excluding hydrogens is 280 g/mol. The molecule has 3 N–H and O–H groups in total. The Morgan fingerprint density at radius 3 is 2.71 bits per heavy atom. The monoisotopic (exact) mass is 298 g/mol. The molecule has 0 saturated heterocycles. The third-order valence-electron chi connectivity index (χ3n) is 3.15. The molecule has 0 fully saturated rings. The van der Waals surface area contributed by atoms with Crippen molar-refractivity contribution < 1.29 is 4.79 Å². The normalized spacial score (nSPS) is 14.2. The van der Waals surface area contributed by atoms with E-state index in [-0.39, 0.29) is 5.91 Å². The summed E-state index contributed by atoms with van der Waals surface area (Å²) < 4.78 is 0.881. The molecule has 1 atom stereocenters. The van der Waals surface area contributed by atoms with Crippen molar-refractivity contribution in [1.29, 1.82) is 0 Å². The predicted octanol–water partition coefficient (Wildman–Crippen LogP) is 3.07. The third kappa shape index (κ3) is 3.30. The Morgan fingerprint density at radius 2 is 2.18 bits per heavy atom. The van der Waals surface area contributed by atoms with E-state index in [1.807, 2.05) is 39.0 Å². The van der Waals surface area contributed by atoms with E-state index in [9.17, 15) is 4.79 Å². The lowest BCUT2D eigenvalue weighted by Gasteiger charge is -2.25. The second-order valence-electron chi connectivity index (χ2n) is 4.56. The van der Waals surface area contributed by atoms with Crippen molar-refractivity contribution in [3.8, 4) is 0 Å². The highest BCUT2D eigenvalue weighted by Crippen LogP contribution is 2.27. The zero-order chi connectivity index (χ0) is 13.1. The smallest absolute Gasteiger partial charge is 0.231 e. The first kappa shape index (κ1) is 14.2. The Balaban J connectivity index is 2.91. The Labute approximate surface area is 111 Å². The molecule has 0 aromatic heterocycles. The van der Waals surface area contributed by atoms with E-state index in [0.29, 0.717) is 6.54 Å². The molecule has 0 bridgehead atoms. The zero-order valence-corrected chi connectivity index (χ0v) is 12.1. The van der Waals surface area contributed by atoms with Crippen LogP contribution in [0.3, 0.4) is 0 Å². The van der Waals surface area contributed by atoms with E-state index < -0.39 is 5.41 Å². The van der Waals surface area contributed by atoms with Crippen molar-refractivity contribution in [3.63, 3.8) is 0 Å². The summed E-state index contributed by atoms with van der Waals surface area (Å²) in [6, 6.07) is 5.85. The standard InChI is InChI=1S/C13H19BrN2O/c1-4-13(3,8-15)12(17)16-11-7-9(2)5-6-10(11)14/h5-7H,4,8,15H2,1-3H3,(H,16,17). The molecule has 0 aliphatic carbocycles. The van der Waals surface area contributed by atoms with Crippen molar-refractivity contribution in [2.75, 3.05) is 11.9 Å². The first-order valence-electron chi connectivity index (χ1n) is 5.70. The maximum Gasteiger partial charge on any atom is 0.231 e. The van der Waals surface area contributed by atoms with Crippen LogP contribution in [0.2, 0.25) is 0 Å². The summed E-state index contributed by atoms with van der Waals surface area (Å²) in [5, 5.41) is 2.93. The summed E-state index contributed by atoms with van der Waals surface area (Å²) >= 11 is 3.42. The second kappa shape index (κ2) is 5.65. The molecule has 3 nitrogen and oxygen atoms in total. The van der Waals surface area contributed by atoms with Gasteiger partial charge >= 0.3 is 0 Å². The fourth-order valence-corrected chi connectivity index (χ4v) is 1.75. The third-order valence-corrected chi connectivity index (χ3v) is 3.84. The molecule has 4 heteroatoms. The van der Waals surface area contributed by atoms with E-state index in [2.05, 4.69) is 21.2 Å². The van der Waals surface area contributed by atoms with Crippen molar-refractivity contribution in [2.45, 2.75) is 27.2 Å². The van der Waals surface area contributed by atoms with Crippen LogP contribution in [0, 0.1) is 12.3 Å². The highest BCUT2D eigenvalue weighted by Gasteiger charge is 2.29. The lowest BCUT2D eigenvalue weighted by molar-refractivity contribution is -0.124. The van der Waals surface area contributed by atoms with Crippen molar-refractivity contribution in [2.24, 2.45) is 11.1 Å². The zero-order valence-electron chi connectivity index (χ0n) is 10.5. The molecular formula is C13H19BrN2O. The quantitative estimate of drug-likeness (QED) is 0.897. The van der Waals surface area contributed by atoms with Gasteiger partial charge in [-0.15, -0.1) is 0 Å². The van der Waals surface area contributed by atoms with E-state index in [0.717, 1.165) is 22.1 Å². The number of carbonyl (C=O) groups excluding carboxylic acids is 1. The molecule has 1 rings (SSSR count). The van der Waals surface area contributed by atoms with Crippen LogP contribution in [0.1, 0.15) is 25.8 Å². The minimum atomic E-state index is -0.511. The number of hydrogen-bond donors (Lipinski definition) is 2. The Bertz CT molecular complexity index is 414. The van der Waals surface area contributed by atoms with E-state index >= 15 is 0 Å². The van der Waals surface area contributed by atoms with Crippen molar-refractivity contribution >= 4 is 27.5 Å². The maximum atomic E-state index is 12.1. The number of anilines is 1. The molecule has 0 aliphatic heterocycles. The number of nitrogens with one attached hydrogen (secondary N) is 1. The number of benzene rings is 1. The number of hydrogen-bond acceptors (Lipinski definition) is 2. The number of carbonyl (C=O) groups is 1. The number of halogens is 1. The first-order chi connectivity index (χ1) is 7.92. The van der Waals surface area contributed by atoms with Gasteiger partial charge in [-0.1, -0.05) is 13.0 Å². The van der Waals surface area contributed by atoms with Crippen molar-refractivity contribution in [1.82, 2.24) is 0 Å². The van der Waals surface area contributed by atoms with Crippen molar-refractivity contribution in [3.05, 3.63) is 28.2 Å². The van der Waals surface area contributed by atoms with Gasteiger partial charge in [0.1, 0.15) is 0 Å². The van der Waals surface area contributed by atoms with Crippen LogP contribution in [0.4, 0.5) is 5.69 Å². The summed E-state index contributed by atoms with van der Waals surface area (Å²) in [5.74, 6) is -0.0335. The number of rotatable bonds is 4. The largest absolute Gasteiger partial charge is 0.329 e. The van der Waals surface area contributed by atoms with Crippen LogP contribution >= 0.6 is 15.9 Å². The summed E-state index contributed by atoms with van der Waals surface area (Å²) in [7, 11) is 0. The Morgan fingerprint density at radius 1 is 1.53 bits per heavy atom. The van der Waals surface area contributed by atoms with Crippen LogP contribution in [0.15, 0.2) is 22.7 Å². The predicted molar refractivity (Wildman–Crippen MR) is 75.0 cm³/mol. The minimum Gasteiger partial charge on any atom is -0.329 e. The van der Waals surface area contributed by atoms with Gasteiger partial charge in [0.15, 0.2) is 0 Å². The summed E-state index contributed by atoms with van der Waals surface area (Å²) in [6.07, 6.45) is 0.721. The van der Waals surface area contributed by atoms with Gasteiger partial charge in [0.05, 0.1) is 11.1 Å². The van der Waals surface area contributed by atoms with E-state index in [4.69, 9.17) is 5.73 Å². The van der Waals surface area contributed by atoms with Gasteiger partial charge in [0, 0.05) is 11.0 Å². The van der Waals surface area contributed by atoms with Gasteiger partial charge in [-0.25, -0.2) is 0 Å². The van der Waals surface area contributed by atoms with E-state index in [1.165, 1.54) is 0 Å². The molecule has 1 unspecified atom stereocenters. The minimum absolute atomic E-state index is 0.0335. The fourth-order valence-electron chi connectivity index (χ4n) is 1.41. The van der Waals surface area contributed by atoms with Crippen LogP contribution < -0.4 is 11.1 Å². The molecule has 1 aromatic rings. The SMILES string of the molecule is CCC(C)(CN)C(=O)Nc1cc(C)ccc1Br. The Kier molecular flexibility index (Phi) is 4.71. The molecule has 0 saturated carbocycles. The Hall–Kier alpha value is -0.870. The lowest BCUT2D eigenvalue weighted by Crippen LogP contribution is -2.39. The number of nitrogens with two attached hydrogens (primary N) is 1. The first-order valence-corrected chi connectivity index (χ1v) is 6.50. The van der Waals surface area contributed by atoms with Gasteiger partial charge in [-0.2, -0.15) is 0 Å². The summed E-state index contributed by atoms with van der Waals surface area (Å²) in [4.78, 5) is 12.1. The molecule has 0 spiro atoms. The highest BCUT2D eigenvalue weighted by atomic mass is 79.9. The molecule has 0 aliphatic rings. The van der Waals surface area contributed by atoms with Gasteiger partial charge in [0.25, 0.3) is 0 Å². The van der Waals surface area contributed by atoms with Gasteiger partial charge in [0.2, 0.25) is 5.91 Å². The van der Waals surface area contributed by atoms with Gasteiger partial charge in [-0.3, -0.25) is 4.79 Å². The molecule has 1 aromatic carbocycles. The topological polar surface area (TPSA) is 55.1 Å². The van der Waals surface area contributed by atoms with Crippen LogP contribution in [-0.2, 0) is 4.79 Å². The molecule has 17 heavy (non-hydrogen) atoms. The number of amides is 1. The van der Waals surface area contributed by atoms with Gasteiger partial charge in [-0.05, 0) is 53.9 Å². The molecule has 0 radical (unpaired) electrons. The summed E-state index contributed by atoms with van der Waals surface area (Å²) in [5.41, 5.74) is 7.06. The maximum absolute atomic E-state index is 12.1. The summed E-state index contributed by atoms with van der Waals surface area (Å²) in [6.45, 7) is 6.19. The molecule has 1 amide bonds. The van der Waals surface area contributed by atoms with E-state index in [1.54, 1.807) is 0 Å². The van der Waals surface area contributed by atoms with Crippen LogP contribution in [-0.4, -0.2) is 12.5 Å². The lowest BCUT2D eigenvalue weighted by atomic mass is 9.86. The second-order valence-corrected chi connectivity index (χ2v) is 5.41. The van der Waals surface area contributed by atoms with Gasteiger partial charge < -0.3 is 11.1 Å². The molecule has 94 valence electrons. The fraction of sp³-hybridized carbons (Fsp3) is 0.462. The van der Waals surface area contributed by atoms with Crippen LogP contribution in [0.25, 0.3) is 0 Å². The number of aryl methyl sites for hydroxylation is 1. The van der Waals surface area contributed by atoms with Crippen LogP contribution in [0.5, 0.6) is 0 Å². The average Bonchev–Trinajstić information content (AvgIpc) is 2.32.